The highest BCUT2D eigenvalue weighted by molar-refractivity contribution is 5.74. The van der Waals surface area contributed by atoms with Crippen LogP contribution in [0, 0.1) is 5.82 Å². The molecule has 2 aromatic rings. The number of halogens is 1. The monoisotopic (exact) mass is 284 g/mol. The Labute approximate surface area is 123 Å². The van der Waals surface area contributed by atoms with E-state index in [2.05, 4.69) is 22.8 Å². The number of carbonyl (C=O) groups is 1. The van der Waals surface area contributed by atoms with Crippen LogP contribution in [0.2, 0.25) is 0 Å². The first kappa shape index (κ1) is 13.6. The van der Waals surface area contributed by atoms with E-state index in [1.54, 1.807) is 12.1 Å². The van der Waals surface area contributed by atoms with Crippen molar-refractivity contribution in [3.63, 3.8) is 0 Å². The Hall–Kier alpha value is -2.36. The van der Waals surface area contributed by atoms with E-state index in [4.69, 9.17) is 0 Å². The fraction of sp³-hybridized carbons (Fsp3) is 0.235. The van der Waals surface area contributed by atoms with Crippen LogP contribution >= 0.6 is 0 Å². The maximum absolute atomic E-state index is 12.8. The van der Waals surface area contributed by atoms with Crippen molar-refractivity contribution in [2.45, 2.75) is 25.4 Å². The fourth-order valence-electron chi connectivity index (χ4n) is 2.68. The number of nitrogens with one attached hydrogen (secondary N) is 2. The van der Waals surface area contributed by atoms with Gasteiger partial charge in [0.15, 0.2) is 0 Å². The van der Waals surface area contributed by atoms with Crippen LogP contribution in [0.15, 0.2) is 48.5 Å². The number of hydrogen-bond donors (Lipinski definition) is 2. The normalized spacial score (nSPS) is 13.8. The van der Waals surface area contributed by atoms with Crippen LogP contribution in [-0.2, 0) is 19.4 Å². The standard InChI is InChI=1S/C17H17FN2O/c18-15-7-5-12(6-8-15)11-19-17(21)20-16-9-13-3-1-2-4-14(13)10-16/h1-8,16H,9-11H2,(H2,19,20,21). The third-order valence-corrected chi connectivity index (χ3v) is 3.75. The minimum Gasteiger partial charge on any atom is -0.335 e. The molecule has 2 N–H and O–H groups in total. The van der Waals surface area contributed by atoms with Gasteiger partial charge >= 0.3 is 6.03 Å². The number of fused-ring (bicyclic) bond motifs is 1. The molecule has 2 aromatic carbocycles. The average Bonchev–Trinajstić information content (AvgIpc) is 2.88. The van der Waals surface area contributed by atoms with Crippen molar-refractivity contribution >= 4 is 6.03 Å². The second-order valence-electron chi connectivity index (χ2n) is 5.33. The summed E-state index contributed by atoms with van der Waals surface area (Å²) in [7, 11) is 0. The summed E-state index contributed by atoms with van der Waals surface area (Å²) in [5, 5.41) is 5.78. The molecule has 0 radical (unpaired) electrons. The minimum absolute atomic E-state index is 0.149. The molecule has 0 unspecified atom stereocenters. The molecule has 0 saturated carbocycles. The zero-order chi connectivity index (χ0) is 14.7. The van der Waals surface area contributed by atoms with Gasteiger partial charge in [-0.1, -0.05) is 36.4 Å². The van der Waals surface area contributed by atoms with Crippen molar-refractivity contribution < 1.29 is 9.18 Å². The lowest BCUT2D eigenvalue weighted by molar-refractivity contribution is 0.237. The summed E-state index contributed by atoms with van der Waals surface area (Å²) in [4.78, 5) is 11.9. The number of rotatable bonds is 3. The number of hydrogen-bond acceptors (Lipinski definition) is 1. The fourth-order valence-corrected chi connectivity index (χ4v) is 2.68. The molecule has 0 aromatic heterocycles. The first-order valence-corrected chi connectivity index (χ1v) is 7.06. The van der Waals surface area contributed by atoms with Crippen molar-refractivity contribution in [2.24, 2.45) is 0 Å². The quantitative estimate of drug-likeness (QED) is 0.894. The van der Waals surface area contributed by atoms with Crippen LogP contribution in [-0.4, -0.2) is 12.1 Å². The molecule has 108 valence electrons. The van der Waals surface area contributed by atoms with Gasteiger partial charge < -0.3 is 10.6 Å². The maximum Gasteiger partial charge on any atom is 0.315 e. The van der Waals surface area contributed by atoms with Gasteiger partial charge in [-0.15, -0.1) is 0 Å². The molecule has 1 aliphatic carbocycles. The highest BCUT2D eigenvalue weighted by Crippen LogP contribution is 2.21. The largest absolute Gasteiger partial charge is 0.335 e. The van der Waals surface area contributed by atoms with Gasteiger partial charge in [0.1, 0.15) is 5.82 Å². The van der Waals surface area contributed by atoms with Crippen molar-refractivity contribution in [3.05, 3.63) is 71.0 Å². The molecule has 21 heavy (non-hydrogen) atoms. The van der Waals surface area contributed by atoms with E-state index < -0.39 is 0 Å². The summed E-state index contributed by atoms with van der Waals surface area (Å²) in [6.45, 7) is 0.395. The first-order chi connectivity index (χ1) is 10.2. The number of amides is 2. The third-order valence-electron chi connectivity index (χ3n) is 3.75. The first-order valence-electron chi connectivity index (χ1n) is 7.06. The average molecular weight is 284 g/mol. The van der Waals surface area contributed by atoms with E-state index >= 15 is 0 Å². The Morgan fingerprint density at radius 1 is 1.05 bits per heavy atom. The van der Waals surface area contributed by atoms with Gasteiger partial charge in [-0.05, 0) is 41.7 Å². The van der Waals surface area contributed by atoms with Crippen molar-refractivity contribution in [3.8, 4) is 0 Å². The Bertz CT molecular complexity index is 614. The summed E-state index contributed by atoms with van der Waals surface area (Å²) in [5.41, 5.74) is 3.49. The molecule has 3 nitrogen and oxygen atoms in total. The topological polar surface area (TPSA) is 41.1 Å². The Balaban J connectivity index is 1.48. The van der Waals surface area contributed by atoms with E-state index in [0.29, 0.717) is 6.54 Å². The molecule has 0 aliphatic heterocycles. The minimum atomic E-state index is -0.271. The van der Waals surface area contributed by atoms with Gasteiger partial charge in [0, 0.05) is 12.6 Å². The summed E-state index contributed by atoms with van der Waals surface area (Å²) >= 11 is 0. The molecule has 0 spiro atoms. The molecule has 0 atom stereocenters. The van der Waals surface area contributed by atoms with Crippen LogP contribution in [0.4, 0.5) is 9.18 Å². The molecule has 0 bridgehead atoms. The van der Waals surface area contributed by atoms with Crippen LogP contribution in [0.3, 0.4) is 0 Å². The molecule has 2 amide bonds. The third kappa shape index (κ3) is 3.40. The summed E-state index contributed by atoms with van der Waals surface area (Å²) < 4.78 is 12.8. The second-order valence-corrected chi connectivity index (χ2v) is 5.33. The number of urea groups is 1. The SMILES string of the molecule is O=C(NCc1ccc(F)cc1)NC1Cc2ccccc2C1. The smallest absolute Gasteiger partial charge is 0.315 e. The summed E-state index contributed by atoms with van der Waals surface area (Å²) in [6, 6.07) is 14.3. The van der Waals surface area contributed by atoms with Crippen LogP contribution in [0.1, 0.15) is 16.7 Å². The molecular formula is C17H17FN2O. The molecule has 0 fully saturated rings. The van der Waals surface area contributed by atoms with Gasteiger partial charge in [0.2, 0.25) is 0 Å². The van der Waals surface area contributed by atoms with Gasteiger partial charge in [-0.2, -0.15) is 0 Å². The zero-order valence-electron chi connectivity index (χ0n) is 11.6. The van der Waals surface area contributed by atoms with E-state index in [1.807, 2.05) is 12.1 Å². The number of benzene rings is 2. The summed E-state index contributed by atoms with van der Waals surface area (Å²) in [6.07, 6.45) is 1.75. The molecule has 1 aliphatic rings. The van der Waals surface area contributed by atoms with Crippen molar-refractivity contribution in [1.29, 1.82) is 0 Å². The Morgan fingerprint density at radius 2 is 1.67 bits per heavy atom. The Morgan fingerprint density at radius 3 is 2.29 bits per heavy atom. The molecule has 4 heteroatoms. The van der Waals surface area contributed by atoms with E-state index in [9.17, 15) is 9.18 Å². The zero-order valence-corrected chi connectivity index (χ0v) is 11.6. The maximum atomic E-state index is 12.8. The molecule has 0 saturated heterocycles. The lowest BCUT2D eigenvalue weighted by Gasteiger charge is -2.13. The molecule has 0 heterocycles. The predicted molar refractivity (Wildman–Crippen MR) is 79.4 cm³/mol. The second kappa shape index (κ2) is 5.95. The number of carbonyl (C=O) groups excluding carboxylic acids is 1. The van der Waals surface area contributed by atoms with Crippen LogP contribution in [0.25, 0.3) is 0 Å². The highest BCUT2D eigenvalue weighted by atomic mass is 19.1. The lowest BCUT2D eigenvalue weighted by Crippen LogP contribution is -2.42. The molecule has 3 rings (SSSR count). The van der Waals surface area contributed by atoms with Gasteiger partial charge in [0.05, 0.1) is 0 Å². The Kier molecular flexibility index (Phi) is 3.86. The highest BCUT2D eigenvalue weighted by Gasteiger charge is 2.22. The van der Waals surface area contributed by atoms with E-state index in [-0.39, 0.29) is 17.9 Å². The van der Waals surface area contributed by atoms with Gasteiger partial charge in [-0.25, -0.2) is 9.18 Å². The van der Waals surface area contributed by atoms with Crippen LogP contribution < -0.4 is 10.6 Å². The molecular weight excluding hydrogens is 267 g/mol. The van der Waals surface area contributed by atoms with E-state index in [1.165, 1.54) is 23.3 Å². The van der Waals surface area contributed by atoms with Gasteiger partial charge in [0.25, 0.3) is 0 Å². The van der Waals surface area contributed by atoms with Crippen molar-refractivity contribution in [2.75, 3.05) is 0 Å². The predicted octanol–water partition coefficient (Wildman–Crippen LogP) is 2.79. The van der Waals surface area contributed by atoms with Gasteiger partial charge in [-0.3, -0.25) is 0 Å². The van der Waals surface area contributed by atoms with Crippen LogP contribution in [0.5, 0.6) is 0 Å². The lowest BCUT2D eigenvalue weighted by atomic mass is 10.1. The summed E-state index contributed by atoms with van der Waals surface area (Å²) in [5.74, 6) is -0.271. The van der Waals surface area contributed by atoms with Crippen molar-refractivity contribution in [1.82, 2.24) is 10.6 Å². The van der Waals surface area contributed by atoms with E-state index in [0.717, 1.165) is 18.4 Å².